The molecule has 116 valence electrons. The maximum Gasteiger partial charge on any atom is 0.410 e. The summed E-state index contributed by atoms with van der Waals surface area (Å²) in [6, 6.07) is 0. The Morgan fingerprint density at radius 1 is 1.00 bits per heavy atom. The highest BCUT2D eigenvalue weighted by atomic mass is 16.6. The van der Waals surface area contributed by atoms with Gasteiger partial charge in [0.15, 0.2) is 0 Å². The number of aliphatic carboxylic acids is 1. The Kier molecular flexibility index (Phi) is 7.02. The molecule has 0 bridgehead atoms. The number of rotatable bonds is 6. The van der Waals surface area contributed by atoms with E-state index < -0.39 is 17.7 Å². The van der Waals surface area contributed by atoms with Gasteiger partial charge in [-0.25, -0.2) is 4.79 Å². The first-order valence-electron chi connectivity index (χ1n) is 6.43. The Labute approximate surface area is 119 Å². The van der Waals surface area contributed by atoms with Crippen molar-refractivity contribution in [3.8, 4) is 0 Å². The third kappa shape index (κ3) is 8.34. The van der Waals surface area contributed by atoms with Crippen molar-refractivity contribution in [1.29, 1.82) is 0 Å². The molecule has 0 fully saturated rings. The van der Waals surface area contributed by atoms with Crippen molar-refractivity contribution in [3.05, 3.63) is 0 Å². The van der Waals surface area contributed by atoms with Crippen LogP contribution in [0.15, 0.2) is 0 Å². The summed E-state index contributed by atoms with van der Waals surface area (Å²) >= 11 is 0. The zero-order valence-corrected chi connectivity index (χ0v) is 12.8. The van der Waals surface area contributed by atoms with Crippen molar-refractivity contribution in [2.24, 2.45) is 0 Å². The van der Waals surface area contributed by atoms with E-state index in [1.165, 1.54) is 9.80 Å². The van der Waals surface area contributed by atoms with Gasteiger partial charge in [0.1, 0.15) is 5.60 Å². The van der Waals surface area contributed by atoms with Crippen molar-refractivity contribution < 1.29 is 24.2 Å². The minimum absolute atomic E-state index is 0.0931. The van der Waals surface area contributed by atoms with Gasteiger partial charge in [-0.1, -0.05) is 0 Å². The van der Waals surface area contributed by atoms with Crippen LogP contribution >= 0.6 is 0 Å². The van der Waals surface area contributed by atoms with E-state index in [1.54, 1.807) is 34.9 Å². The number of carboxylic acids is 1. The summed E-state index contributed by atoms with van der Waals surface area (Å²) < 4.78 is 5.16. The molecule has 0 unspecified atom stereocenters. The third-order valence-electron chi connectivity index (χ3n) is 2.45. The highest BCUT2D eigenvalue weighted by molar-refractivity contribution is 5.77. The number of hydrogen-bond donors (Lipinski definition) is 1. The van der Waals surface area contributed by atoms with Gasteiger partial charge in [0.05, 0.1) is 6.42 Å². The summed E-state index contributed by atoms with van der Waals surface area (Å²) in [7, 11) is 3.09. The van der Waals surface area contributed by atoms with E-state index >= 15 is 0 Å². The maximum atomic E-state index is 11.7. The summed E-state index contributed by atoms with van der Waals surface area (Å²) in [4.78, 5) is 36.5. The predicted octanol–water partition coefficient (Wildman–Crippen LogP) is 1.18. The summed E-state index contributed by atoms with van der Waals surface area (Å²) in [5.74, 6) is -1.16. The Morgan fingerprint density at radius 2 is 1.50 bits per heavy atom. The van der Waals surface area contributed by atoms with E-state index in [9.17, 15) is 14.4 Å². The lowest BCUT2D eigenvalue weighted by Gasteiger charge is -2.25. The molecule has 0 aliphatic rings. The van der Waals surface area contributed by atoms with Crippen LogP contribution in [0.2, 0.25) is 0 Å². The monoisotopic (exact) mass is 288 g/mol. The first kappa shape index (κ1) is 18.2. The standard InChI is InChI=1S/C13H24N2O5/c1-13(2,3)20-12(19)15(5)8-6-10(16)14(4)9-7-11(17)18/h6-9H2,1-5H3,(H,17,18). The Bertz CT molecular complexity index is 362. The average Bonchev–Trinajstić information content (AvgIpc) is 2.30. The van der Waals surface area contributed by atoms with Gasteiger partial charge < -0.3 is 19.6 Å². The predicted molar refractivity (Wildman–Crippen MR) is 73.4 cm³/mol. The van der Waals surface area contributed by atoms with Crippen LogP contribution in [0.1, 0.15) is 33.6 Å². The van der Waals surface area contributed by atoms with Crippen LogP contribution in [0.4, 0.5) is 4.79 Å². The van der Waals surface area contributed by atoms with Crippen LogP contribution < -0.4 is 0 Å². The van der Waals surface area contributed by atoms with E-state index in [2.05, 4.69) is 0 Å². The van der Waals surface area contributed by atoms with Crippen molar-refractivity contribution in [2.75, 3.05) is 27.2 Å². The van der Waals surface area contributed by atoms with Crippen molar-refractivity contribution in [3.63, 3.8) is 0 Å². The largest absolute Gasteiger partial charge is 0.481 e. The summed E-state index contributed by atoms with van der Waals surface area (Å²) in [6.07, 6.45) is -0.450. The summed E-state index contributed by atoms with van der Waals surface area (Å²) in [6.45, 7) is 5.69. The molecule has 0 aliphatic heterocycles. The van der Waals surface area contributed by atoms with Gasteiger partial charge in [-0.05, 0) is 20.8 Å². The van der Waals surface area contributed by atoms with Gasteiger partial charge in [0.25, 0.3) is 0 Å². The molecule has 0 aliphatic carbocycles. The SMILES string of the molecule is CN(CCC(=O)O)C(=O)CCN(C)C(=O)OC(C)(C)C. The summed E-state index contributed by atoms with van der Waals surface area (Å²) in [5, 5.41) is 8.54. The lowest BCUT2D eigenvalue weighted by Crippen LogP contribution is -2.37. The number of hydrogen-bond acceptors (Lipinski definition) is 4. The zero-order chi connectivity index (χ0) is 15.9. The van der Waals surface area contributed by atoms with E-state index in [-0.39, 0.29) is 31.8 Å². The molecule has 0 saturated heterocycles. The zero-order valence-electron chi connectivity index (χ0n) is 12.8. The molecular formula is C13H24N2O5. The second kappa shape index (κ2) is 7.72. The minimum Gasteiger partial charge on any atom is -0.481 e. The number of carboxylic acid groups (broad SMARTS) is 1. The number of nitrogens with zero attached hydrogens (tertiary/aromatic N) is 2. The molecule has 0 rings (SSSR count). The smallest absolute Gasteiger partial charge is 0.410 e. The fourth-order valence-electron chi connectivity index (χ4n) is 1.27. The van der Waals surface area contributed by atoms with E-state index in [0.29, 0.717) is 0 Å². The fourth-order valence-corrected chi connectivity index (χ4v) is 1.27. The molecule has 0 aromatic heterocycles. The number of amides is 2. The molecule has 0 saturated carbocycles. The van der Waals surface area contributed by atoms with Crippen molar-refractivity contribution in [2.45, 2.75) is 39.2 Å². The minimum atomic E-state index is -0.949. The molecule has 7 nitrogen and oxygen atoms in total. The molecule has 0 atom stereocenters. The molecule has 0 aromatic carbocycles. The molecule has 7 heteroatoms. The Balaban J connectivity index is 4.11. The van der Waals surface area contributed by atoms with Crippen LogP contribution in [-0.4, -0.2) is 65.7 Å². The second-order valence-corrected chi connectivity index (χ2v) is 5.61. The second-order valence-electron chi connectivity index (χ2n) is 5.61. The molecule has 0 heterocycles. The van der Waals surface area contributed by atoms with Gasteiger partial charge in [-0.15, -0.1) is 0 Å². The third-order valence-corrected chi connectivity index (χ3v) is 2.45. The number of carbonyl (C=O) groups is 3. The molecule has 2 amide bonds. The van der Waals surface area contributed by atoms with Crippen molar-refractivity contribution >= 4 is 18.0 Å². The quantitative estimate of drug-likeness (QED) is 0.793. The molecule has 0 radical (unpaired) electrons. The van der Waals surface area contributed by atoms with E-state index in [0.717, 1.165) is 0 Å². The number of ether oxygens (including phenoxy) is 1. The van der Waals surface area contributed by atoms with Crippen LogP contribution in [0.25, 0.3) is 0 Å². The highest BCUT2D eigenvalue weighted by Crippen LogP contribution is 2.09. The van der Waals surface area contributed by atoms with Gasteiger partial charge in [0, 0.05) is 33.6 Å². The van der Waals surface area contributed by atoms with E-state index in [1.807, 2.05) is 0 Å². The van der Waals surface area contributed by atoms with Gasteiger partial charge >= 0.3 is 12.1 Å². The number of carbonyl (C=O) groups excluding carboxylic acids is 2. The van der Waals surface area contributed by atoms with Crippen LogP contribution in [0.5, 0.6) is 0 Å². The van der Waals surface area contributed by atoms with Gasteiger partial charge in [-0.2, -0.15) is 0 Å². The first-order chi connectivity index (χ1) is 9.03. The van der Waals surface area contributed by atoms with Gasteiger partial charge in [-0.3, -0.25) is 9.59 Å². The van der Waals surface area contributed by atoms with E-state index in [4.69, 9.17) is 9.84 Å². The molecule has 20 heavy (non-hydrogen) atoms. The fraction of sp³-hybridized carbons (Fsp3) is 0.769. The van der Waals surface area contributed by atoms with Crippen molar-refractivity contribution in [1.82, 2.24) is 9.80 Å². The van der Waals surface area contributed by atoms with Gasteiger partial charge in [0.2, 0.25) is 5.91 Å². The average molecular weight is 288 g/mol. The van der Waals surface area contributed by atoms with Crippen LogP contribution in [-0.2, 0) is 14.3 Å². The Morgan fingerprint density at radius 3 is 1.95 bits per heavy atom. The molecular weight excluding hydrogens is 264 g/mol. The highest BCUT2D eigenvalue weighted by Gasteiger charge is 2.20. The molecule has 1 N–H and O–H groups in total. The topological polar surface area (TPSA) is 87.2 Å². The molecule has 0 spiro atoms. The normalized spacial score (nSPS) is 10.8. The maximum absolute atomic E-state index is 11.7. The lowest BCUT2D eigenvalue weighted by atomic mass is 10.2. The first-order valence-corrected chi connectivity index (χ1v) is 6.43. The summed E-state index contributed by atoms with van der Waals surface area (Å²) in [5.41, 5.74) is -0.576. The van der Waals surface area contributed by atoms with Crippen LogP contribution in [0, 0.1) is 0 Å². The molecule has 0 aromatic rings. The van der Waals surface area contributed by atoms with Crippen LogP contribution in [0.3, 0.4) is 0 Å². The Hall–Kier alpha value is -1.79. The lowest BCUT2D eigenvalue weighted by molar-refractivity contribution is -0.138.